The summed E-state index contributed by atoms with van der Waals surface area (Å²) in [5.41, 5.74) is 3.83. The molecule has 0 fully saturated rings. The number of benzene rings is 2. The summed E-state index contributed by atoms with van der Waals surface area (Å²) in [5.74, 6) is 0.504. The fraction of sp³-hybridized carbons (Fsp3) is 0.0526. The summed E-state index contributed by atoms with van der Waals surface area (Å²) in [7, 11) is 0. The van der Waals surface area contributed by atoms with Gasteiger partial charge in [-0.2, -0.15) is 0 Å². The number of nitrogens with one attached hydrogen (secondary N) is 1. The van der Waals surface area contributed by atoms with Crippen molar-refractivity contribution >= 4 is 11.8 Å². The Morgan fingerprint density at radius 2 is 1.87 bits per heavy atom. The van der Waals surface area contributed by atoms with Crippen LogP contribution in [0.2, 0.25) is 0 Å². The lowest BCUT2D eigenvalue weighted by atomic mass is 10.0. The Hall–Kier alpha value is -3.14. The molecule has 0 radical (unpaired) electrons. The summed E-state index contributed by atoms with van der Waals surface area (Å²) in [6.45, 7) is 2.03. The highest BCUT2D eigenvalue weighted by Gasteiger charge is 2.07. The van der Waals surface area contributed by atoms with Crippen molar-refractivity contribution in [3.8, 4) is 16.9 Å². The number of carbonyl (C=O) groups excluding carboxylic acids is 1. The zero-order valence-corrected chi connectivity index (χ0v) is 12.7. The second-order valence-electron chi connectivity index (χ2n) is 5.10. The quantitative estimate of drug-likeness (QED) is 0.765. The molecule has 4 heteroatoms. The summed E-state index contributed by atoms with van der Waals surface area (Å²) in [6, 6.07) is 18.5. The first-order valence-corrected chi connectivity index (χ1v) is 7.27. The standard InChI is InChI=1S/C19H16N2O2/c1-14-10-11-20-13-18(14)15-6-5-7-16(12-15)21-19(22)23-17-8-3-2-4-9-17/h2-13H,1H3,(H,21,22). The van der Waals surface area contributed by atoms with E-state index in [4.69, 9.17) is 4.74 Å². The maximum atomic E-state index is 12.0. The van der Waals surface area contributed by atoms with Crippen molar-refractivity contribution in [2.75, 3.05) is 5.32 Å². The molecule has 1 aromatic heterocycles. The summed E-state index contributed by atoms with van der Waals surface area (Å²) in [5, 5.41) is 2.74. The maximum absolute atomic E-state index is 12.0. The van der Waals surface area contributed by atoms with Crippen molar-refractivity contribution in [1.82, 2.24) is 4.98 Å². The van der Waals surface area contributed by atoms with E-state index in [0.717, 1.165) is 16.7 Å². The normalized spacial score (nSPS) is 10.1. The molecular weight excluding hydrogens is 288 g/mol. The van der Waals surface area contributed by atoms with E-state index in [-0.39, 0.29) is 0 Å². The first kappa shape index (κ1) is 14.8. The molecule has 0 unspecified atom stereocenters. The molecule has 1 heterocycles. The van der Waals surface area contributed by atoms with Crippen LogP contribution in [0.1, 0.15) is 5.56 Å². The van der Waals surface area contributed by atoms with E-state index in [1.807, 2.05) is 61.7 Å². The van der Waals surface area contributed by atoms with Crippen LogP contribution in [0.5, 0.6) is 5.75 Å². The third kappa shape index (κ3) is 3.74. The molecule has 0 aliphatic heterocycles. The molecule has 0 saturated heterocycles. The number of aryl methyl sites for hydroxylation is 1. The number of rotatable bonds is 3. The zero-order chi connectivity index (χ0) is 16.1. The van der Waals surface area contributed by atoms with Crippen LogP contribution < -0.4 is 10.1 Å². The number of para-hydroxylation sites is 1. The molecule has 3 rings (SSSR count). The van der Waals surface area contributed by atoms with Gasteiger partial charge in [-0.15, -0.1) is 0 Å². The molecule has 0 aliphatic rings. The average Bonchev–Trinajstić information content (AvgIpc) is 2.56. The van der Waals surface area contributed by atoms with Gasteiger partial charge in [-0.3, -0.25) is 10.3 Å². The Kier molecular flexibility index (Phi) is 4.34. The van der Waals surface area contributed by atoms with Crippen LogP contribution in [0.4, 0.5) is 10.5 Å². The van der Waals surface area contributed by atoms with Crippen LogP contribution >= 0.6 is 0 Å². The van der Waals surface area contributed by atoms with Crippen molar-refractivity contribution < 1.29 is 9.53 Å². The topological polar surface area (TPSA) is 51.2 Å². The van der Waals surface area contributed by atoms with Crippen LogP contribution in [-0.4, -0.2) is 11.1 Å². The fourth-order valence-electron chi connectivity index (χ4n) is 2.27. The van der Waals surface area contributed by atoms with Gasteiger partial charge in [0.05, 0.1) is 0 Å². The molecule has 0 spiro atoms. The molecular formula is C19H16N2O2. The van der Waals surface area contributed by atoms with Crippen molar-refractivity contribution in [2.24, 2.45) is 0 Å². The van der Waals surface area contributed by atoms with Crippen LogP contribution in [0, 0.1) is 6.92 Å². The van der Waals surface area contributed by atoms with Gasteiger partial charge in [-0.25, -0.2) is 4.79 Å². The van der Waals surface area contributed by atoms with E-state index in [0.29, 0.717) is 11.4 Å². The second-order valence-corrected chi connectivity index (χ2v) is 5.10. The van der Waals surface area contributed by atoms with E-state index >= 15 is 0 Å². The van der Waals surface area contributed by atoms with Gasteiger partial charge in [0, 0.05) is 23.6 Å². The van der Waals surface area contributed by atoms with E-state index in [1.54, 1.807) is 18.3 Å². The summed E-state index contributed by atoms with van der Waals surface area (Å²) < 4.78 is 5.23. The predicted octanol–water partition coefficient (Wildman–Crippen LogP) is 4.67. The van der Waals surface area contributed by atoms with Gasteiger partial charge < -0.3 is 4.74 Å². The Balaban J connectivity index is 1.75. The molecule has 114 valence electrons. The van der Waals surface area contributed by atoms with E-state index in [2.05, 4.69) is 10.3 Å². The van der Waals surface area contributed by atoms with Gasteiger partial charge in [0.25, 0.3) is 0 Å². The highest BCUT2D eigenvalue weighted by Crippen LogP contribution is 2.25. The minimum absolute atomic E-state index is 0.504. The minimum atomic E-state index is -0.517. The van der Waals surface area contributed by atoms with Crippen LogP contribution in [-0.2, 0) is 0 Å². The SMILES string of the molecule is Cc1ccncc1-c1cccc(NC(=O)Oc2ccccc2)c1. The average molecular weight is 304 g/mol. The van der Waals surface area contributed by atoms with Crippen LogP contribution in [0.15, 0.2) is 73.1 Å². The molecule has 1 N–H and O–H groups in total. The van der Waals surface area contributed by atoms with E-state index < -0.39 is 6.09 Å². The summed E-state index contributed by atoms with van der Waals surface area (Å²) >= 11 is 0. The maximum Gasteiger partial charge on any atom is 0.417 e. The lowest BCUT2D eigenvalue weighted by Gasteiger charge is -2.09. The lowest BCUT2D eigenvalue weighted by molar-refractivity contribution is 0.215. The number of hydrogen-bond acceptors (Lipinski definition) is 3. The van der Waals surface area contributed by atoms with Gasteiger partial charge in [0.1, 0.15) is 5.75 Å². The van der Waals surface area contributed by atoms with Crippen molar-refractivity contribution in [3.05, 3.63) is 78.6 Å². The Morgan fingerprint density at radius 1 is 1.04 bits per heavy atom. The Bertz CT molecular complexity index is 816. The number of anilines is 1. The Morgan fingerprint density at radius 3 is 2.65 bits per heavy atom. The molecule has 0 bridgehead atoms. The molecule has 0 saturated carbocycles. The van der Waals surface area contributed by atoms with Crippen LogP contribution in [0.25, 0.3) is 11.1 Å². The smallest absolute Gasteiger partial charge is 0.410 e. The van der Waals surface area contributed by atoms with E-state index in [9.17, 15) is 4.79 Å². The highest BCUT2D eigenvalue weighted by atomic mass is 16.6. The molecule has 2 aromatic carbocycles. The lowest BCUT2D eigenvalue weighted by Crippen LogP contribution is -2.16. The number of pyridine rings is 1. The molecule has 0 aliphatic carbocycles. The van der Waals surface area contributed by atoms with Gasteiger partial charge in [-0.05, 0) is 48.4 Å². The van der Waals surface area contributed by atoms with Crippen molar-refractivity contribution in [3.63, 3.8) is 0 Å². The number of aromatic nitrogens is 1. The summed E-state index contributed by atoms with van der Waals surface area (Å²) in [4.78, 5) is 16.1. The summed E-state index contributed by atoms with van der Waals surface area (Å²) in [6.07, 6.45) is 3.06. The minimum Gasteiger partial charge on any atom is -0.410 e. The number of hydrogen-bond donors (Lipinski definition) is 1. The molecule has 3 aromatic rings. The molecule has 0 atom stereocenters. The zero-order valence-electron chi connectivity index (χ0n) is 12.7. The van der Waals surface area contributed by atoms with Gasteiger partial charge >= 0.3 is 6.09 Å². The van der Waals surface area contributed by atoms with Crippen LogP contribution in [0.3, 0.4) is 0 Å². The van der Waals surface area contributed by atoms with Crippen molar-refractivity contribution in [1.29, 1.82) is 0 Å². The molecule has 23 heavy (non-hydrogen) atoms. The number of nitrogens with zero attached hydrogens (tertiary/aromatic N) is 1. The molecule has 4 nitrogen and oxygen atoms in total. The number of ether oxygens (including phenoxy) is 1. The third-order valence-corrected chi connectivity index (χ3v) is 3.41. The second kappa shape index (κ2) is 6.75. The Labute approximate surface area is 134 Å². The monoisotopic (exact) mass is 304 g/mol. The first-order valence-electron chi connectivity index (χ1n) is 7.27. The highest BCUT2D eigenvalue weighted by molar-refractivity contribution is 5.87. The largest absolute Gasteiger partial charge is 0.417 e. The molecule has 1 amide bonds. The van der Waals surface area contributed by atoms with Crippen molar-refractivity contribution in [2.45, 2.75) is 6.92 Å². The predicted molar refractivity (Wildman–Crippen MR) is 90.5 cm³/mol. The number of carbonyl (C=O) groups is 1. The van der Waals surface area contributed by atoms with Gasteiger partial charge in [-0.1, -0.05) is 30.3 Å². The van der Waals surface area contributed by atoms with Gasteiger partial charge in [0.2, 0.25) is 0 Å². The third-order valence-electron chi connectivity index (χ3n) is 3.41. The first-order chi connectivity index (χ1) is 11.2. The van der Waals surface area contributed by atoms with E-state index in [1.165, 1.54) is 0 Å². The fourth-order valence-corrected chi connectivity index (χ4v) is 2.27. The van der Waals surface area contributed by atoms with Gasteiger partial charge in [0.15, 0.2) is 0 Å². The number of amides is 1.